The van der Waals surface area contributed by atoms with Crippen LogP contribution in [0.25, 0.3) is 10.9 Å². The predicted molar refractivity (Wildman–Crippen MR) is 101 cm³/mol. The summed E-state index contributed by atoms with van der Waals surface area (Å²) in [5.41, 5.74) is 3.28. The molecule has 3 heterocycles. The Bertz CT molecular complexity index is 906. The molecule has 6 nitrogen and oxygen atoms in total. The first kappa shape index (κ1) is 16.7. The average Bonchev–Trinajstić information content (AvgIpc) is 3.07. The van der Waals surface area contributed by atoms with Crippen molar-refractivity contribution < 1.29 is 4.79 Å². The van der Waals surface area contributed by atoms with E-state index in [2.05, 4.69) is 39.1 Å². The lowest BCUT2D eigenvalue weighted by molar-refractivity contribution is -0.132. The number of aryl methyl sites for hydroxylation is 1. The highest BCUT2D eigenvalue weighted by molar-refractivity contribution is 5.81. The fourth-order valence-corrected chi connectivity index (χ4v) is 3.51. The monoisotopic (exact) mass is 349 g/mol. The first-order valence-electron chi connectivity index (χ1n) is 8.98. The van der Waals surface area contributed by atoms with Gasteiger partial charge in [0.25, 0.3) is 0 Å². The molecule has 6 heteroatoms. The van der Waals surface area contributed by atoms with E-state index in [-0.39, 0.29) is 5.91 Å². The Morgan fingerprint density at radius 2 is 1.92 bits per heavy atom. The van der Waals surface area contributed by atoms with Crippen molar-refractivity contribution in [3.8, 4) is 0 Å². The van der Waals surface area contributed by atoms with Crippen LogP contribution in [-0.4, -0.2) is 56.4 Å². The lowest BCUT2D eigenvalue weighted by Gasteiger charge is -2.35. The van der Waals surface area contributed by atoms with Gasteiger partial charge < -0.3 is 9.47 Å². The third kappa shape index (κ3) is 3.46. The molecular weight excluding hydrogens is 326 g/mol. The van der Waals surface area contributed by atoms with E-state index in [0.717, 1.165) is 43.9 Å². The van der Waals surface area contributed by atoms with Gasteiger partial charge in [0.2, 0.25) is 5.91 Å². The van der Waals surface area contributed by atoms with Crippen molar-refractivity contribution in [2.45, 2.75) is 13.0 Å². The number of amides is 1. The van der Waals surface area contributed by atoms with Gasteiger partial charge >= 0.3 is 0 Å². The van der Waals surface area contributed by atoms with E-state index in [1.54, 1.807) is 12.5 Å². The SMILES string of the molecule is Cn1cncc1CC(=O)N1CCN(Cc2cccc3cccnc23)CC1. The van der Waals surface area contributed by atoms with E-state index in [1.165, 1.54) is 10.9 Å². The standard InChI is InChI=1S/C20H23N5O/c1-23-15-21-13-18(23)12-19(26)25-10-8-24(9-11-25)14-17-5-2-4-16-6-3-7-22-20(16)17/h2-7,13,15H,8-12,14H2,1H3. The molecule has 4 rings (SSSR count). The van der Waals surface area contributed by atoms with Gasteiger partial charge in [-0.1, -0.05) is 24.3 Å². The fraction of sp³-hybridized carbons (Fsp3) is 0.350. The number of para-hydroxylation sites is 1. The molecule has 26 heavy (non-hydrogen) atoms. The van der Waals surface area contributed by atoms with E-state index in [4.69, 9.17) is 0 Å². The van der Waals surface area contributed by atoms with Crippen molar-refractivity contribution in [2.75, 3.05) is 26.2 Å². The highest BCUT2D eigenvalue weighted by Gasteiger charge is 2.22. The van der Waals surface area contributed by atoms with Crippen molar-refractivity contribution in [1.82, 2.24) is 24.3 Å². The number of aromatic nitrogens is 3. The Kier molecular flexibility index (Phi) is 4.67. The largest absolute Gasteiger partial charge is 0.340 e. The molecule has 0 spiro atoms. The maximum absolute atomic E-state index is 12.5. The summed E-state index contributed by atoms with van der Waals surface area (Å²) in [5.74, 6) is 0.181. The third-order valence-corrected chi connectivity index (χ3v) is 5.08. The summed E-state index contributed by atoms with van der Waals surface area (Å²) in [5, 5.41) is 1.18. The molecule has 1 amide bonds. The second kappa shape index (κ2) is 7.25. The third-order valence-electron chi connectivity index (χ3n) is 5.08. The van der Waals surface area contributed by atoms with Crippen LogP contribution in [0.5, 0.6) is 0 Å². The topological polar surface area (TPSA) is 54.3 Å². The molecule has 1 aromatic carbocycles. The van der Waals surface area contributed by atoms with Crippen LogP contribution in [0.1, 0.15) is 11.3 Å². The number of rotatable bonds is 4. The van der Waals surface area contributed by atoms with E-state index in [9.17, 15) is 4.79 Å². The summed E-state index contributed by atoms with van der Waals surface area (Å²) < 4.78 is 1.90. The molecule has 134 valence electrons. The predicted octanol–water partition coefficient (Wildman–Crippen LogP) is 1.86. The molecule has 1 aliphatic heterocycles. The summed E-state index contributed by atoms with van der Waals surface area (Å²) in [7, 11) is 1.92. The summed E-state index contributed by atoms with van der Waals surface area (Å²) >= 11 is 0. The normalized spacial score (nSPS) is 15.5. The molecule has 3 aromatic rings. The molecule has 1 saturated heterocycles. The molecule has 0 aliphatic carbocycles. The van der Waals surface area contributed by atoms with Gasteiger partial charge in [-0.2, -0.15) is 0 Å². The highest BCUT2D eigenvalue weighted by atomic mass is 16.2. The van der Waals surface area contributed by atoms with Crippen LogP contribution in [0.3, 0.4) is 0 Å². The van der Waals surface area contributed by atoms with E-state index >= 15 is 0 Å². The zero-order valence-corrected chi connectivity index (χ0v) is 15.0. The van der Waals surface area contributed by atoms with Gasteiger partial charge in [-0.25, -0.2) is 4.98 Å². The number of fused-ring (bicyclic) bond motifs is 1. The fourth-order valence-electron chi connectivity index (χ4n) is 3.51. The lowest BCUT2D eigenvalue weighted by Crippen LogP contribution is -2.48. The molecule has 0 radical (unpaired) electrons. The Balaban J connectivity index is 1.36. The van der Waals surface area contributed by atoms with Crippen molar-refractivity contribution in [3.63, 3.8) is 0 Å². The van der Waals surface area contributed by atoms with Crippen molar-refractivity contribution in [3.05, 3.63) is 60.3 Å². The van der Waals surface area contributed by atoms with Crippen molar-refractivity contribution in [2.24, 2.45) is 7.05 Å². The van der Waals surface area contributed by atoms with Crippen LogP contribution in [0.2, 0.25) is 0 Å². The Morgan fingerprint density at radius 3 is 2.69 bits per heavy atom. The zero-order chi connectivity index (χ0) is 17.9. The molecular formula is C20H23N5O. The second-order valence-electron chi connectivity index (χ2n) is 6.82. The molecule has 0 N–H and O–H groups in total. The molecule has 0 unspecified atom stereocenters. The number of carbonyl (C=O) groups is 1. The van der Waals surface area contributed by atoms with Crippen LogP contribution < -0.4 is 0 Å². The minimum Gasteiger partial charge on any atom is -0.340 e. The van der Waals surface area contributed by atoms with Crippen LogP contribution in [0, 0.1) is 0 Å². The van der Waals surface area contributed by atoms with E-state index in [1.807, 2.05) is 28.8 Å². The van der Waals surface area contributed by atoms with E-state index in [0.29, 0.717) is 6.42 Å². The highest BCUT2D eigenvalue weighted by Crippen LogP contribution is 2.18. The number of piperazine rings is 1. The number of pyridine rings is 1. The van der Waals surface area contributed by atoms with Crippen molar-refractivity contribution >= 4 is 16.8 Å². The smallest absolute Gasteiger partial charge is 0.228 e. The van der Waals surface area contributed by atoms with Crippen LogP contribution >= 0.6 is 0 Å². The van der Waals surface area contributed by atoms with Gasteiger partial charge in [0.1, 0.15) is 0 Å². The number of nitrogens with zero attached hydrogens (tertiary/aromatic N) is 5. The summed E-state index contributed by atoms with van der Waals surface area (Å²) in [6.45, 7) is 4.20. The number of hydrogen-bond donors (Lipinski definition) is 0. The van der Waals surface area contributed by atoms with Gasteiger partial charge in [0, 0.05) is 63.2 Å². The minimum atomic E-state index is 0.181. The number of carbonyl (C=O) groups excluding carboxylic acids is 1. The average molecular weight is 349 g/mol. The zero-order valence-electron chi connectivity index (χ0n) is 15.0. The summed E-state index contributed by atoms with van der Waals surface area (Å²) in [6.07, 6.45) is 5.77. The molecule has 0 atom stereocenters. The van der Waals surface area contributed by atoms with Crippen LogP contribution in [0.15, 0.2) is 49.1 Å². The molecule has 2 aromatic heterocycles. The number of imidazole rings is 1. The lowest BCUT2D eigenvalue weighted by atomic mass is 10.1. The summed E-state index contributed by atoms with van der Waals surface area (Å²) in [4.78, 5) is 25.5. The quantitative estimate of drug-likeness (QED) is 0.721. The van der Waals surface area contributed by atoms with Crippen LogP contribution in [-0.2, 0) is 24.8 Å². The first-order valence-corrected chi connectivity index (χ1v) is 8.98. The van der Waals surface area contributed by atoms with Gasteiger partial charge in [0.15, 0.2) is 0 Å². The van der Waals surface area contributed by atoms with Crippen molar-refractivity contribution in [1.29, 1.82) is 0 Å². The van der Waals surface area contributed by atoms with Gasteiger partial charge in [0.05, 0.1) is 18.3 Å². The maximum atomic E-state index is 12.5. The molecule has 0 saturated carbocycles. The van der Waals surface area contributed by atoms with Gasteiger partial charge in [-0.3, -0.25) is 14.7 Å². The molecule has 0 bridgehead atoms. The number of benzene rings is 1. The van der Waals surface area contributed by atoms with Gasteiger partial charge in [-0.15, -0.1) is 0 Å². The first-order chi connectivity index (χ1) is 12.7. The Hall–Kier alpha value is -2.73. The Labute approximate surface area is 153 Å². The Morgan fingerprint density at radius 1 is 1.12 bits per heavy atom. The molecule has 1 fully saturated rings. The molecule has 1 aliphatic rings. The minimum absolute atomic E-state index is 0.181. The van der Waals surface area contributed by atoms with Crippen LogP contribution in [0.4, 0.5) is 0 Å². The summed E-state index contributed by atoms with van der Waals surface area (Å²) in [6, 6.07) is 10.4. The van der Waals surface area contributed by atoms with E-state index < -0.39 is 0 Å². The van der Waals surface area contributed by atoms with Gasteiger partial charge in [-0.05, 0) is 11.6 Å². The maximum Gasteiger partial charge on any atom is 0.228 e. The second-order valence-corrected chi connectivity index (χ2v) is 6.82. The number of hydrogen-bond acceptors (Lipinski definition) is 4.